The number of nitrogens with zero attached hydrogens (tertiary/aromatic N) is 2. The van der Waals surface area contributed by atoms with Crippen molar-refractivity contribution in [2.45, 2.75) is 32.6 Å². The summed E-state index contributed by atoms with van der Waals surface area (Å²) in [7, 11) is 0. The summed E-state index contributed by atoms with van der Waals surface area (Å²) in [6, 6.07) is 8.88. The van der Waals surface area contributed by atoms with Gasteiger partial charge in [-0.1, -0.05) is 35.3 Å². The topological polar surface area (TPSA) is 71.5 Å². The van der Waals surface area contributed by atoms with Gasteiger partial charge in [0.1, 0.15) is 16.6 Å². The van der Waals surface area contributed by atoms with E-state index in [1.807, 2.05) is 13.0 Å². The molecule has 30 heavy (non-hydrogen) atoms. The number of benzene rings is 1. The average Bonchev–Trinajstić information content (AvgIpc) is 2.75. The fourth-order valence-electron chi connectivity index (χ4n) is 3.35. The van der Waals surface area contributed by atoms with E-state index in [1.165, 1.54) is 0 Å². The monoisotopic (exact) mass is 449 g/mol. The first-order valence-corrected chi connectivity index (χ1v) is 10.8. The molecule has 6 nitrogen and oxygen atoms in total. The van der Waals surface area contributed by atoms with E-state index in [1.54, 1.807) is 35.4 Å². The van der Waals surface area contributed by atoms with Gasteiger partial charge in [0.25, 0.3) is 0 Å². The SMILES string of the molecule is Cc1ccc(NC(=O)C2CCCN(C(=O)CCCOc3cccc(Cl)c3Cl)C2)nc1. The van der Waals surface area contributed by atoms with E-state index < -0.39 is 0 Å². The van der Waals surface area contributed by atoms with Gasteiger partial charge >= 0.3 is 0 Å². The number of ether oxygens (including phenoxy) is 1. The normalized spacial score (nSPS) is 16.2. The number of rotatable bonds is 7. The summed E-state index contributed by atoms with van der Waals surface area (Å²) in [6.45, 7) is 3.41. The highest BCUT2D eigenvalue weighted by molar-refractivity contribution is 6.42. The highest BCUT2D eigenvalue weighted by Crippen LogP contribution is 2.31. The van der Waals surface area contributed by atoms with Crippen LogP contribution >= 0.6 is 23.2 Å². The Kier molecular flexibility index (Phi) is 7.94. The van der Waals surface area contributed by atoms with E-state index in [0.717, 1.165) is 18.4 Å². The summed E-state index contributed by atoms with van der Waals surface area (Å²) in [4.78, 5) is 31.1. The van der Waals surface area contributed by atoms with Crippen LogP contribution in [0.15, 0.2) is 36.5 Å². The van der Waals surface area contributed by atoms with Crippen molar-refractivity contribution < 1.29 is 14.3 Å². The minimum Gasteiger partial charge on any atom is -0.492 e. The number of nitrogens with one attached hydrogen (secondary N) is 1. The molecule has 1 fully saturated rings. The van der Waals surface area contributed by atoms with Crippen molar-refractivity contribution in [2.75, 3.05) is 25.0 Å². The highest BCUT2D eigenvalue weighted by atomic mass is 35.5. The maximum absolute atomic E-state index is 12.6. The number of likely N-dealkylation sites (tertiary alicyclic amines) is 1. The number of carbonyl (C=O) groups excluding carboxylic acids is 2. The number of pyridine rings is 1. The van der Waals surface area contributed by atoms with Crippen LogP contribution in [0.4, 0.5) is 5.82 Å². The maximum atomic E-state index is 12.6. The first-order valence-electron chi connectivity index (χ1n) is 10.0. The van der Waals surface area contributed by atoms with Crippen LogP contribution in [-0.4, -0.2) is 41.4 Å². The molecule has 8 heteroatoms. The summed E-state index contributed by atoms with van der Waals surface area (Å²) in [5.41, 5.74) is 1.03. The lowest BCUT2D eigenvalue weighted by Crippen LogP contribution is -2.43. The molecule has 0 bridgehead atoms. The van der Waals surface area contributed by atoms with Gasteiger partial charge in [-0.2, -0.15) is 0 Å². The predicted molar refractivity (Wildman–Crippen MR) is 118 cm³/mol. The molecule has 1 N–H and O–H groups in total. The van der Waals surface area contributed by atoms with E-state index in [0.29, 0.717) is 54.2 Å². The molecule has 1 aromatic heterocycles. The van der Waals surface area contributed by atoms with Gasteiger partial charge in [-0.3, -0.25) is 9.59 Å². The Morgan fingerprint density at radius 2 is 2.10 bits per heavy atom. The van der Waals surface area contributed by atoms with Gasteiger partial charge in [-0.15, -0.1) is 0 Å². The van der Waals surface area contributed by atoms with Crippen LogP contribution in [0.25, 0.3) is 0 Å². The van der Waals surface area contributed by atoms with Crippen LogP contribution < -0.4 is 10.1 Å². The van der Waals surface area contributed by atoms with E-state index in [2.05, 4.69) is 10.3 Å². The molecule has 1 aliphatic rings. The number of aryl methyl sites for hydroxylation is 1. The van der Waals surface area contributed by atoms with Gasteiger partial charge in [-0.05, 0) is 49.9 Å². The lowest BCUT2D eigenvalue weighted by Gasteiger charge is -2.32. The predicted octanol–water partition coefficient (Wildman–Crippen LogP) is 4.73. The zero-order valence-electron chi connectivity index (χ0n) is 16.9. The Morgan fingerprint density at radius 3 is 2.87 bits per heavy atom. The largest absolute Gasteiger partial charge is 0.492 e. The van der Waals surface area contributed by atoms with Gasteiger partial charge in [-0.25, -0.2) is 4.98 Å². The fourth-order valence-corrected chi connectivity index (χ4v) is 3.69. The van der Waals surface area contributed by atoms with E-state index in [-0.39, 0.29) is 17.7 Å². The van der Waals surface area contributed by atoms with Crippen LogP contribution in [-0.2, 0) is 9.59 Å². The molecule has 0 saturated carbocycles. The van der Waals surface area contributed by atoms with Gasteiger partial charge in [0.05, 0.1) is 17.5 Å². The smallest absolute Gasteiger partial charge is 0.230 e. The molecule has 2 heterocycles. The number of amides is 2. The zero-order chi connectivity index (χ0) is 21.5. The van der Waals surface area contributed by atoms with Crippen molar-refractivity contribution in [2.24, 2.45) is 5.92 Å². The van der Waals surface area contributed by atoms with Crippen LogP contribution in [0.5, 0.6) is 5.75 Å². The maximum Gasteiger partial charge on any atom is 0.230 e. The Morgan fingerprint density at radius 1 is 1.27 bits per heavy atom. The number of hydrogen-bond donors (Lipinski definition) is 1. The van der Waals surface area contributed by atoms with Crippen molar-refractivity contribution >= 4 is 40.8 Å². The van der Waals surface area contributed by atoms with Gasteiger partial charge in [0.2, 0.25) is 11.8 Å². The van der Waals surface area contributed by atoms with Crippen LogP contribution in [0.3, 0.4) is 0 Å². The fraction of sp³-hybridized carbons (Fsp3) is 0.409. The van der Waals surface area contributed by atoms with Crippen molar-refractivity contribution in [3.8, 4) is 5.75 Å². The van der Waals surface area contributed by atoms with Crippen LogP contribution in [0.2, 0.25) is 10.0 Å². The molecule has 3 rings (SSSR count). The van der Waals surface area contributed by atoms with E-state index in [4.69, 9.17) is 27.9 Å². The number of piperidine rings is 1. The number of anilines is 1. The molecular formula is C22H25Cl2N3O3. The zero-order valence-corrected chi connectivity index (χ0v) is 18.4. The lowest BCUT2D eigenvalue weighted by molar-refractivity contribution is -0.134. The second-order valence-electron chi connectivity index (χ2n) is 7.39. The molecule has 0 radical (unpaired) electrons. The molecule has 1 atom stereocenters. The Hall–Kier alpha value is -2.31. The molecular weight excluding hydrogens is 425 g/mol. The quantitative estimate of drug-likeness (QED) is 0.619. The average molecular weight is 450 g/mol. The number of hydrogen-bond acceptors (Lipinski definition) is 4. The Balaban J connectivity index is 1.44. The Bertz CT molecular complexity index is 890. The number of halogens is 2. The number of aromatic nitrogens is 1. The second-order valence-corrected chi connectivity index (χ2v) is 8.18. The minimum atomic E-state index is -0.229. The third-order valence-electron chi connectivity index (χ3n) is 5.02. The van der Waals surface area contributed by atoms with E-state index in [9.17, 15) is 9.59 Å². The molecule has 1 saturated heterocycles. The molecule has 1 unspecified atom stereocenters. The van der Waals surface area contributed by atoms with E-state index >= 15 is 0 Å². The molecule has 160 valence electrons. The molecule has 2 aromatic rings. The molecule has 0 aliphatic carbocycles. The first-order chi connectivity index (χ1) is 14.4. The standard InChI is InChI=1S/C22H25Cl2N3O3/c1-15-9-10-19(25-13-15)26-22(29)16-5-3-11-27(14-16)20(28)8-4-12-30-18-7-2-6-17(23)21(18)24/h2,6-7,9-10,13,16H,3-5,8,11-12,14H2,1H3,(H,25,26,29). The molecule has 2 amide bonds. The third kappa shape index (κ3) is 6.09. The summed E-state index contributed by atoms with van der Waals surface area (Å²) >= 11 is 12.1. The molecule has 1 aliphatic heterocycles. The van der Waals surface area contributed by atoms with Gasteiger partial charge in [0, 0.05) is 25.7 Å². The van der Waals surface area contributed by atoms with Crippen LogP contribution in [0.1, 0.15) is 31.2 Å². The van der Waals surface area contributed by atoms with Crippen molar-refractivity contribution in [3.05, 3.63) is 52.1 Å². The summed E-state index contributed by atoms with van der Waals surface area (Å²) in [6.07, 6.45) is 4.19. The summed E-state index contributed by atoms with van der Waals surface area (Å²) < 4.78 is 5.63. The Labute approximate surface area is 186 Å². The van der Waals surface area contributed by atoms with Crippen molar-refractivity contribution in [1.29, 1.82) is 0 Å². The summed E-state index contributed by atoms with van der Waals surface area (Å²) in [5.74, 6) is 0.749. The van der Waals surface area contributed by atoms with Crippen molar-refractivity contribution in [1.82, 2.24) is 9.88 Å². The third-order valence-corrected chi connectivity index (χ3v) is 5.82. The first kappa shape index (κ1) is 22.4. The van der Waals surface area contributed by atoms with Gasteiger partial charge in [0.15, 0.2) is 0 Å². The minimum absolute atomic E-state index is 0.0294. The van der Waals surface area contributed by atoms with Crippen molar-refractivity contribution in [3.63, 3.8) is 0 Å². The number of carbonyl (C=O) groups is 2. The molecule has 1 aromatic carbocycles. The lowest BCUT2D eigenvalue weighted by atomic mass is 9.96. The highest BCUT2D eigenvalue weighted by Gasteiger charge is 2.28. The second kappa shape index (κ2) is 10.6. The van der Waals surface area contributed by atoms with Crippen LogP contribution in [0, 0.1) is 12.8 Å². The summed E-state index contributed by atoms with van der Waals surface area (Å²) in [5, 5.41) is 3.65. The molecule has 0 spiro atoms. The van der Waals surface area contributed by atoms with Gasteiger partial charge < -0.3 is 15.0 Å².